The summed E-state index contributed by atoms with van der Waals surface area (Å²) in [5, 5.41) is 2.95. The molecule has 0 aliphatic heterocycles. The first kappa shape index (κ1) is 19.8. The maximum atomic E-state index is 12.3. The van der Waals surface area contributed by atoms with Crippen molar-refractivity contribution in [1.82, 2.24) is 14.9 Å². The number of benzene rings is 1. The fourth-order valence-electron chi connectivity index (χ4n) is 2.48. The van der Waals surface area contributed by atoms with Gasteiger partial charge >= 0.3 is 0 Å². The van der Waals surface area contributed by atoms with E-state index in [2.05, 4.69) is 24.1 Å². The molecule has 0 bridgehead atoms. The van der Waals surface area contributed by atoms with Crippen LogP contribution in [0.2, 0.25) is 0 Å². The highest BCUT2D eigenvalue weighted by Crippen LogP contribution is 2.28. The molecule has 0 saturated carbocycles. The second-order valence-electron chi connectivity index (χ2n) is 6.66. The molecule has 0 unspecified atom stereocenters. The minimum atomic E-state index is -0.0975. The molecule has 0 aliphatic rings. The fourth-order valence-corrected chi connectivity index (χ4v) is 2.48. The van der Waals surface area contributed by atoms with Crippen molar-refractivity contribution < 1.29 is 14.3 Å². The number of nitrogens with one attached hydrogen (secondary N) is 1. The van der Waals surface area contributed by atoms with Gasteiger partial charge < -0.3 is 19.4 Å². The van der Waals surface area contributed by atoms with Gasteiger partial charge in [0.15, 0.2) is 11.5 Å². The maximum Gasteiger partial charge on any atom is 0.251 e. The Balaban J connectivity index is 1.78. The summed E-state index contributed by atoms with van der Waals surface area (Å²) in [6, 6.07) is 5.30. The van der Waals surface area contributed by atoms with Gasteiger partial charge in [0.2, 0.25) is 0 Å². The van der Waals surface area contributed by atoms with Crippen LogP contribution in [0.15, 0.2) is 36.9 Å². The highest BCUT2D eigenvalue weighted by atomic mass is 16.5. The highest BCUT2D eigenvalue weighted by molar-refractivity contribution is 5.94. The van der Waals surface area contributed by atoms with E-state index in [-0.39, 0.29) is 5.91 Å². The number of carbonyl (C=O) groups excluding carboxylic acids is 1. The highest BCUT2D eigenvalue weighted by Gasteiger charge is 2.11. The molecule has 2 rings (SSSR count). The molecule has 0 spiro atoms. The fraction of sp³-hybridized carbons (Fsp3) is 0.500. The van der Waals surface area contributed by atoms with Gasteiger partial charge in [-0.15, -0.1) is 0 Å². The normalized spacial score (nSPS) is 10.8. The number of hydrogen-bond donors (Lipinski definition) is 1. The van der Waals surface area contributed by atoms with Crippen molar-refractivity contribution in [3.63, 3.8) is 0 Å². The molecular formula is C20H29N3O3. The van der Waals surface area contributed by atoms with Crippen molar-refractivity contribution in [3.05, 3.63) is 42.5 Å². The lowest BCUT2D eigenvalue weighted by molar-refractivity contribution is 0.0952. The van der Waals surface area contributed by atoms with Crippen LogP contribution in [0.4, 0.5) is 0 Å². The number of hydrogen-bond acceptors (Lipinski definition) is 4. The van der Waals surface area contributed by atoms with Gasteiger partial charge in [0, 0.05) is 31.0 Å². The number of aromatic nitrogens is 2. The molecular weight excluding hydrogens is 330 g/mol. The Morgan fingerprint density at radius 1 is 1.27 bits per heavy atom. The number of unbranched alkanes of at least 4 members (excludes halogenated alkanes) is 1. The molecule has 0 fully saturated rings. The van der Waals surface area contributed by atoms with E-state index in [1.54, 1.807) is 37.8 Å². The first-order chi connectivity index (χ1) is 12.6. The maximum absolute atomic E-state index is 12.3. The standard InChI is InChI=1S/C20H29N3O3/c1-16(2)8-13-26-18-7-6-17(14-19(18)25-3)20(24)22-9-4-5-11-23-12-10-21-15-23/h6-7,10,12,14-16H,4-5,8-9,11,13H2,1-3H3,(H,22,24). The molecule has 1 aromatic heterocycles. The van der Waals surface area contributed by atoms with Crippen LogP contribution in [-0.4, -0.2) is 35.7 Å². The van der Waals surface area contributed by atoms with E-state index < -0.39 is 0 Å². The van der Waals surface area contributed by atoms with Gasteiger partial charge in [-0.2, -0.15) is 0 Å². The Labute approximate surface area is 155 Å². The zero-order chi connectivity index (χ0) is 18.8. The van der Waals surface area contributed by atoms with Gasteiger partial charge in [-0.3, -0.25) is 4.79 Å². The quantitative estimate of drug-likeness (QED) is 0.623. The van der Waals surface area contributed by atoms with E-state index in [0.29, 0.717) is 36.1 Å². The molecule has 0 saturated heterocycles. The molecule has 0 radical (unpaired) electrons. The van der Waals surface area contributed by atoms with E-state index in [0.717, 1.165) is 25.8 Å². The number of carbonyl (C=O) groups is 1. The van der Waals surface area contributed by atoms with E-state index in [9.17, 15) is 4.79 Å². The smallest absolute Gasteiger partial charge is 0.251 e. The van der Waals surface area contributed by atoms with Crippen molar-refractivity contribution in [2.24, 2.45) is 5.92 Å². The summed E-state index contributed by atoms with van der Waals surface area (Å²) in [7, 11) is 1.59. The van der Waals surface area contributed by atoms with Crippen molar-refractivity contribution >= 4 is 5.91 Å². The molecule has 6 nitrogen and oxygen atoms in total. The Morgan fingerprint density at radius 2 is 2.12 bits per heavy atom. The minimum absolute atomic E-state index is 0.0975. The molecule has 1 aromatic carbocycles. The number of methoxy groups -OCH3 is 1. The second-order valence-corrected chi connectivity index (χ2v) is 6.66. The Morgan fingerprint density at radius 3 is 2.81 bits per heavy atom. The topological polar surface area (TPSA) is 65.4 Å². The Bertz CT molecular complexity index is 669. The first-order valence-electron chi connectivity index (χ1n) is 9.15. The van der Waals surface area contributed by atoms with Crippen LogP contribution in [-0.2, 0) is 6.54 Å². The number of amides is 1. The van der Waals surface area contributed by atoms with Crippen molar-refractivity contribution in [2.75, 3.05) is 20.3 Å². The summed E-state index contributed by atoms with van der Waals surface area (Å²) in [5.74, 6) is 1.74. The Kier molecular flexibility index (Phi) is 7.99. The first-order valence-corrected chi connectivity index (χ1v) is 9.15. The molecule has 6 heteroatoms. The molecule has 0 atom stereocenters. The lowest BCUT2D eigenvalue weighted by Gasteiger charge is -2.13. The molecule has 1 heterocycles. The van der Waals surface area contributed by atoms with E-state index in [4.69, 9.17) is 9.47 Å². The summed E-state index contributed by atoms with van der Waals surface area (Å²) >= 11 is 0. The van der Waals surface area contributed by atoms with Crippen LogP contribution >= 0.6 is 0 Å². The van der Waals surface area contributed by atoms with Crippen molar-refractivity contribution in [1.29, 1.82) is 0 Å². The monoisotopic (exact) mass is 359 g/mol. The lowest BCUT2D eigenvalue weighted by Crippen LogP contribution is -2.24. The van der Waals surface area contributed by atoms with Crippen LogP contribution in [0.5, 0.6) is 11.5 Å². The van der Waals surface area contributed by atoms with Gasteiger partial charge in [-0.1, -0.05) is 13.8 Å². The molecule has 26 heavy (non-hydrogen) atoms. The van der Waals surface area contributed by atoms with Crippen molar-refractivity contribution in [3.8, 4) is 11.5 Å². The van der Waals surface area contributed by atoms with Crippen LogP contribution in [0.25, 0.3) is 0 Å². The zero-order valence-electron chi connectivity index (χ0n) is 15.9. The molecule has 142 valence electrons. The lowest BCUT2D eigenvalue weighted by atomic mass is 10.1. The number of imidazole rings is 1. The van der Waals surface area contributed by atoms with E-state index in [1.807, 2.05) is 10.8 Å². The summed E-state index contributed by atoms with van der Waals surface area (Å²) in [4.78, 5) is 16.3. The number of nitrogens with zero attached hydrogens (tertiary/aromatic N) is 2. The van der Waals surface area contributed by atoms with Crippen LogP contribution in [0.1, 0.15) is 43.5 Å². The average molecular weight is 359 g/mol. The van der Waals surface area contributed by atoms with Crippen LogP contribution in [0.3, 0.4) is 0 Å². The number of ether oxygens (including phenoxy) is 2. The van der Waals surface area contributed by atoms with Gasteiger partial charge in [0.25, 0.3) is 5.91 Å². The largest absolute Gasteiger partial charge is 0.493 e. The van der Waals surface area contributed by atoms with Crippen molar-refractivity contribution in [2.45, 2.75) is 39.7 Å². The summed E-state index contributed by atoms with van der Waals surface area (Å²) < 4.78 is 13.2. The SMILES string of the molecule is COc1cc(C(=O)NCCCCn2ccnc2)ccc1OCCC(C)C. The van der Waals surface area contributed by atoms with Crippen LogP contribution < -0.4 is 14.8 Å². The predicted octanol–water partition coefficient (Wildman–Crippen LogP) is 3.53. The molecule has 0 aliphatic carbocycles. The van der Waals surface area contributed by atoms with Gasteiger partial charge in [0.1, 0.15) is 0 Å². The third-order valence-electron chi connectivity index (χ3n) is 4.07. The van der Waals surface area contributed by atoms with E-state index >= 15 is 0 Å². The summed E-state index contributed by atoms with van der Waals surface area (Å²) in [6.45, 7) is 6.50. The summed E-state index contributed by atoms with van der Waals surface area (Å²) in [5.41, 5.74) is 0.577. The second kappa shape index (κ2) is 10.5. The van der Waals surface area contributed by atoms with E-state index in [1.165, 1.54) is 0 Å². The third-order valence-corrected chi connectivity index (χ3v) is 4.07. The zero-order valence-corrected chi connectivity index (χ0v) is 15.9. The molecule has 1 N–H and O–H groups in total. The third kappa shape index (κ3) is 6.43. The summed E-state index contributed by atoms with van der Waals surface area (Å²) in [6.07, 6.45) is 8.39. The minimum Gasteiger partial charge on any atom is -0.493 e. The predicted molar refractivity (Wildman–Crippen MR) is 102 cm³/mol. The molecule has 1 amide bonds. The Hall–Kier alpha value is -2.50. The average Bonchev–Trinajstić information content (AvgIpc) is 3.14. The molecule has 2 aromatic rings. The van der Waals surface area contributed by atoms with Gasteiger partial charge in [-0.25, -0.2) is 4.98 Å². The number of aryl methyl sites for hydroxylation is 1. The van der Waals surface area contributed by atoms with Gasteiger partial charge in [0.05, 0.1) is 20.0 Å². The van der Waals surface area contributed by atoms with Crippen LogP contribution in [0, 0.1) is 5.92 Å². The van der Waals surface area contributed by atoms with Gasteiger partial charge in [-0.05, 0) is 43.4 Å². The number of rotatable bonds is 11.